The van der Waals surface area contributed by atoms with Gasteiger partial charge in [-0.05, 0) is 0 Å². The summed E-state index contributed by atoms with van der Waals surface area (Å²) in [5.74, 6) is -59.3. The Labute approximate surface area is 149 Å². The van der Waals surface area contributed by atoms with E-state index in [9.17, 15) is 74.6 Å². The normalized spacial score (nSPS) is 17.3. The Morgan fingerprint density at radius 1 is 0.483 bits per heavy atom. The number of alkyl halides is 17. The molecule has 0 spiro atoms. The number of hydrogen-bond acceptors (Lipinski definition) is 0. The summed E-state index contributed by atoms with van der Waals surface area (Å²) in [7, 11) is 0. The molecular formula is C12H7F17. The Morgan fingerprint density at radius 2 is 0.724 bits per heavy atom. The molecule has 0 aliphatic carbocycles. The highest BCUT2D eigenvalue weighted by Gasteiger charge is 2.95. The van der Waals surface area contributed by atoms with E-state index in [0.29, 0.717) is 0 Å². The van der Waals surface area contributed by atoms with Gasteiger partial charge in [-0.2, -0.15) is 74.6 Å². The molecule has 0 fully saturated rings. The van der Waals surface area contributed by atoms with Crippen molar-refractivity contribution in [3.05, 3.63) is 12.7 Å². The molecule has 0 radical (unpaired) electrons. The van der Waals surface area contributed by atoms with Gasteiger partial charge in [0.25, 0.3) is 0 Å². The summed E-state index contributed by atoms with van der Waals surface area (Å²) in [5, 5.41) is 0. The largest absolute Gasteiger partial charge is 0.460 e. The van der Waals surface area contributed by atoms with Crippen molar-refractivity contribution in [3.8, 4) is 0 Å². The summed E-state index contributed by atoms with van der Waals surface area (Å²) >= 11 is 0. The summed E-state index contributed by atoms with van der Waals surface area (Å²) in [6, 6.07) is 0. The quantitative estimate of drug-likeness (QED) is 0.268. The lowest BCUT2D eigenvalue weighted by molar-refractivity contribution is -0.462. The minimum atomic E-state index is -8.60. The zero-order valence-electron chi connectivity index (χ0n) is 13.3. The molecule has 0 nitrogen and oxygen atoms in total. The number of rotatable bonds is 8. The average Bonchev–Trinajstić information content (AvgIpc) is 2.51. The van der Waals surface area contributed by atoms with E-state index in [2.05, 4.69) is 6.58 Å². The highest BCUT2D eigenvalue weighted by atomic mass is 19.4. The van der Waals surface area contributed by atoms with Gasteiger partial charge in [-0.1, -0.05) is 13.0 Å². The number of halogens is 17. The van der Waals surface area contributed by atoms with Gasteiger partial charge in [-0.25, -0.2) is 0 Å². The lowest BCUT2D eigenvalue weighted by atomic mass is 9.85. The summed E-state index contributed by atoms with van der Waals surface area (Å²) in [4.78, 5) is 0. The van der Waals surface area contributed by atoms with Crippen molar-refractivity contribution >= 4 is 0 Å². The molecule has 29 heavy (non-hydrogen) atoms. The first-order valence-corrected chi connectivity index (χ1v) is 6.57. The topological polar surface area (TPSA) is 0 Å². The van der Waals surface area contributed by atoms with Crippen molar-refractivity contribution in [2.75, 3.05) is 0 Å². The second-order valence-corrected chi connectivity index (χ2v) is 5.59. The van der Waals surface area contributed by atoms with Crippen LogP contribution in [0.25, 0.3) is 0 Å². The van der Waals surface area contributed by atoms with Crippen LogP contribution in [0.2, 0.25) is 0 Å². The van der Waals surface area contributed by atoms with Gasteiger partial charge in [-0.3, -0.25) is 0 Å². The Morgan fingerprint density at radius 3 is 0.966 bits per heavy atom. The molecular weight excluding hydrogens is 467 g/mol. The van der Waals surface area contributed by atoms with Gasteiger partial charge >= 0.3 is 47.6 Å². The molecule has 0 bridgehead atoms. The molecule has 0 aromatic heterocycles. The second-order valence-electron chi connectivity index (χ2n) is 5.59. The monoisotopic (exact) mass is 474 g/mol. The van der Waals surface area contributed by atoms with Crippen molar-refractivity contribution in [1.29, 1.82) is 0 Å². The van der Waals surface area contributed by atoms with E-state index in [-0.39, 0.29) is 13.0 Å². The van der Waals surface area contributed by atoms with Crippen LogP contribution in [0.4, 0.5) is 74.6 Å². The maximum atomic E-state index is 13.3. The van der Waals surface area contributed by atoms with Crippen LogP contribution in [0.3, 0.4) is 0 Å². The SMILES string of the molecule is C=CC(C)C(F)(F)C(F)(F)C(F)(F)C(F)(F)C(F)(F)C(F)(F)C(F)(F)C(F)(F)F. The van der Waals surface area contributed by atoms with Gasteiger partial charge in [-0.15, -0.1) is 6.58 Å². The molecule has 1 unspecified atom stereocenters. The third-order valence-corrected chi connectivity index (χ3v) is 3.67. The Balaban J connectivity index is 6.77. The van der Waals surface area contributed by atoms with Crippen LogP contribution in [0.15, 0.2) is 12.7 Å². The maximum Gasteiger partial charge on any atom is 0.460 e. The highest BCUT2D eigenvalue weighted by Crippen LogP contribution is 2.64. The van der Waals surface area contributed by atoms with Gasteiger partial charge in [0.2, 0.25) is 0 Å². The third-order valence-electron chi connectivity index (χ3n) is 3.67. The summed E-state index contributed by atoms with van der Waals surface area (Å²) in [6.07, 6.45) is -8.03. The predicted octanol–water partition coefficient (Wildman–Crippen LogP) is 6.82. The van der Waals surface area contributed by atoms with Crippen LogP contribution >= 0.6 is 0 Å². The summed E-state index contributed by atoms with van der Waals surface area (Å²) < 4.78 is 219. The molecule has 0 aromatic rings. The summed E-state index contributed by atoms with van der Waals surface area (Å²) in [5.41, 5.74) is 0. The van der Waals surface area contributed by atoms with E-state index in [0.717, 1.165) is 0 Å². The standard InChI is InChI=1S/C12H7F17/c1-3-4(2)5(13,14)6(15,16)7(17,18)8(19,20)9(21,22)10(23,24)11(25,26)12(27,28)29/h3-4H,1H2,2H3. The van der Waals surface area contributed by atoms with E-state index < -0.39 is 53.6 Å². The molecule has 1 atom stereocenters. The zero-order chi connectivity index (χ0) is 24.3. The molecule has 0 amide bonds. The van der Waals surface area contributed by atoms with Crippen LogP contribution < -0.4 is 0 Å². The highest BCUT2D eigenvalue weighted by molar-refractivity contribution is 5.16. The minimum absolute atomic E-state index is 0.0836. The first kappa shape index (κ1) is 27.5. The van der Waals surface area contributed by atoms with Gasteiger partial charge in [0.1, 0.15) is 0 Å². The Hall–Kier alpha value is -1.45. The van der Waals surface area contributed by atoms with E-state index in [4.69, 9.17) is 0 Å². The van der Waals surface area contributed by atoms with Gasteiger partial charge in [0, 0.05) is 5.92 Å². The van der Waals surface area contributed by atoms with E-state index in [1.807, 2.05) is 0 Å². The fourth-order valence-electron chi connectivity index (χ4n) is 1.61. The molecule has 17 heteroatoms. The molecule has 0 saturated heterocycles. The van der Waals surface area contributed by atoms with E-state index in [1.165, 1.54) is 0 Å². The molecule has 0 aliphatic rings. The van der Waals surface area contributed by atoms with Gasteiger partial charge < -0.3 is 0 Å². The molecule has 0 heterocycles. The smallest absolute Gasteiger partial charge is 0.199 e. The van der Waals surface area contributed by atoms with Crippen molar-refractivity contribution in [2.24, 2.45) is 5.92 Å². The van der Waals surface area contributed by atoms with Crippen molar-refractivity contribution in [3.63, 3.8) is 0 Å². The Bertz CT molecular complexity index is 610. The maximum absolute atomic E-state index is 13.3. The zero-order valence-corrected chi connectivity index (χ0v) is 13.3. The number of hydrogen-bond donors (Lipinski definition) is 0. The van der Waals surface area contributed by atoms with Crippen molar-refractivity contribution in [2.45, 2.75) is 54.6 Å². The molecule has 174 valence electrons. The Kier molecular flexibility index (Phi) is 6.44. The summed E-state index contributed by atoms with van der Waals surface area (Å²) in [6.45, 7) is 2.31. The third kappa shape index (κ3) is 3.31. The fraction of sp³-hybridized carbons (Fsp3) is 0.833. The molecule has 0 N–H and O–H groups in total. The first-order valence-electron chi connectivity index (χ1n) is 6.57. The lowest BCUT2D eigenvalue weighted by Gasteiger charge is -2.43. The fourth-order valence-corrected chi connectivity index (χ4v) is 1.61. The van der Waals surface area contributed by atoms with Crippen molar-refractivity contribution < 1.29 is 74.6 Å². The first-order chi connectivity index (χ1) is 12.2. The molecule has 0 aliphatic heterocycles. The average molecular weight is 474 g/mol. The van der Waals surface area contributed by atoms with Crippen LogP contribution in [0.5, 0.6) is 0 Å². The van der Waals surface area contributed by atoms with Gasteiger partial charge in [0.15, 0.2) is 0 Å². The van der Waals surface area contributed by atoms with Gasteiger partial charge in [0.05, 0.1) is 0 Å². The van der Waals surface area contributed by atoms with E-state index >= 15 is 0 Å². The van der Waals surface area contributed by atoms with E-state index in [1.54, 1.807) is 0 Å². The molecule has 0 rings (SSSR count). The molecule has 0 aromatic carbocycles. The van der Waals surface area contributed by atoms with Crippen LogP contribution in [0.1, 0.15) is 6.92 Å². The van der Waals surface area contributed by atoms with Crippen LogP contribution in [-0.4, -0.2) is 47.6 Å². The number of allylic oxidation sites excluding steroid dienone is 1. The van der Waals surface area contributed by atoms with Crippen molar-refractivity contribution in [1.82, 2.24) is 0 Å². The van der Waals surface area contributed by atoms with Crippen LogP contribution in [-0.2, 0) is 0 Å². The lowest BCUT2D eigenvalue weighted by Crippen LogP contribution is -2.74. The molecule has 0 saturated carbocycles. The van der Waals surface area contributed by atoms with Crippen LogP contribution in [0, 0.1) is 5.92 Å². The predicted molar refractivity (Wildman–Crippen MR) is 60.0 cm³/mol. The second kappa shape index (κ2) is 6.78. The minimum Gasteiger partial charge on any atom is -0.199 e.